The van der Waals surface area contributed by atoms with E-state index in [2.05, 4.69) is 49.6 Å². The van der Waals surface area contributed by atoms with Crippen molar-refractivity contribution in [2.45, 2.75) is 37.3 Å². The number of carbonyl (C=O) groups excluding carboxylic acids is 1. The summed E-state index contributed by atoms with van der Waals surface area (Å²) in [5.41, 5.74) is 3.85. The van der Waals surface area contributed by atoms with Crippen LogP contribution in [0.5, 0.6) is 5.75 Å². The van der Waals surface area contributed by atoms with Crippen molar-refractivity contribution in [3.63, 3.8) is 0 Å². The first-order valence-electron chi connectivity index (χ1n) is 14.1. The van der Waals surface area contributed by atoms with Crippen molar-refractivity contribution >= 4 is 23.2 Å². The lowest BCUT2D eigenvalue weighted by Gasteiger charge is -2.34. The van der Waals surface area contributed by atoms with E-state index in [1.165, 1.54) is 6.20 Å². The third-order valence-corrected chi connectivity index (χ3v) is 8.44. The smallest absolute Gasteiger partial charge is 0.252 e. The minimum atomic E-state index is -0.546. The number of amides is 1. The van der Waals surface area contributed by atoms with E-state index in [4.69, 9.17) is 9.47 Å². The van der Waals surface area contributed by atoms with Gasteiger partial charge >= 0.3 is 0 Å². The molecular formula is C30H33FN6O3. The lowest BCUT2D eigenvalue weighted by atomic mass is 9.99. The van der Waals surface area contributed by atoms with Gasteiger partial charge in [0.05, 0.1) is 30.6 Å². The summed E-state index contributed by atoms with van der Waals surface area (Å²) in [4.78, 5) is 26.1. The van der Waals surface area contributed by atoms with Gasteiger partial charge in [-0.1, -0.05) is 12.1 Å². The quantitative estimate of drug-likeness (QED) is 0.480. The predicted molar refractivity (Wildman–Crippen MR) is 150 cm³/mol. The lowest BCUT2D eigenvalue weighted by Crippen LogP contribution is -2.44. The number of carbonyl (C=O) groups is 1. The molecule has 2 N–H and O–H groups in total. The molecule has 40 heavy (non-hydrogen) atoms. The van der Waals surface area contributed by atoms with Gasteiger partial charge in [0, 0.05) is 55.8 Å². The van der Waals surface area contributed by atoms with Gasteiger partial charge in [-0.3, -0.25) is 4.79 Å². The number of piperazine rings is 1. The number of nitrogens with one attached hydrogen (secondary N) is 2. The van der Waals surface area contributed by atoms with Crippen molar-refractivity contribution in [1.82, 2.24) is 20.2 Å². The number of rotatable bonds is 6. The Hall–Kier alpha value is -3.76. The van der Waals surface area contributed by atoms with Crippen LogP contribution in [0, 0.1) is 5.82 Å². The lowest BCUT2D eigenvalue weighted by molar-refractivity contribution is 0.0258. The molecule has 3 aliphatic heterocycles. The van der Waals surface area contributed by atoms with E-state index in [0.717, 1.165) is 68.8 Å². The number of ether oxygens (including phenoxy) is 2. The molecule has 208 valence electrons. The van der Waals surface area contributed by atoms with Crippen LogP contribution in [0.25, 0.3) is 11.3 Å². The summed E-state index contributed by atoms with van der Waals surface area (Å²) < 4.78 is 26.9. The Bertz CT molecular complexity index is 1450. The van der Waals surface area contributed by atoms with Gasteiger partial charge in [-0.05, 0) is 49.7 Å². The largest absolute Gasteiger partial charge is 0.488 e. The second-order valence-corrected chi connectivity index (χ2v) is 11.2. The number of halogens is 1. The number of likely N-dealkylation sites (N-methyl/N-ethyl adjacent to an activating group) is 1. The molecule has 7 rings (SSSR count). The van der Waals surface area contributed by atoms with Crippen LogP contribution in [-0.2, 0) is 10.3 Å². The summed E-state index contributed by atoms with van der Waals surface area (Å²) in [5, 5.41) is 6.39. The molecular weight excluding hydrogens is 511 g/mol. The standard InChI is InChI=1S/C30H33FN6O3/c1-36-10-12-37(13-11-36)20-3-5-26(40-21-6-14-39-15-7-21)25(17-20)33-29-32-18-24(31)27(34-29)19-2-4-23-22(16-19)28(38)35-30(23)8-9-30/h2-5,16-18,21H,6-15H2,1H3,(H,35,38)(H,32,33,34). The molecule has 4 aliphatic rings. The van der Waals surface area contributed by atoms with Crippen molar-refractivity contribution in [3.05, 3.63) is 59.5 Å². The first kappa shape index (κ1) is 25.2. The Morgan fingerprint density at radius 3 is 2.67 bits per heavy atom. The summed E-state index contributed by atoms with van der Waals surface area (Å²) in [6.07, 6.45) is 4.75. The van der Waals surface area contributed by atoms with E-state index in [-0.39, 0.29) is 29.2 Å². The van der Waals surface area contributed by atoms with E-state index in [1.807, 2.05) is 18.2 Å². The third-order valence-electron chi connectivity index (χ3n) is 8.44. The van der Waals surface area contributed by atoms with E-state index in [1.54, 1.807) is 6.07 Å². The van der Waals surface area contributed by atoms with Crippen molar-refractivity contribution in [3.8, 4) is 17.0 Å². The summed E-state index contributed by atoms with van der Waals surface area (Å²) in [6.45, 7) is 5.20. The topological polar surface area (TPSA) is 91.9 Å². The number of fused-ring (bicyclic) bond motifs is 2. The third kappa shape index (κ3) is 4.75. The number of nitrogens with zero attached hydrogens (tertiary/aromatic N) is 4. The van der Waals surface area contributed by atoms with E-state index >= 15 is 4.39 Å². The molecule has 3 fully saturated rings. The second kappa shape index (κ2) is 10.0. The van der Waals surface area contributed by atoms with Crippen molar-refractivity contribution in [1.29, 1.82) is 0 Å². The summed E-state index contributed by atoms with van der Waals surface area (Å²) in [5.74, 6) is 0.295. The molecule has 4 heterocycles. The van der Waals surface area contributed by atoms with Crippen LogP contribution in [0.4, 0.5) is 21.7 Å². The highest BCUT2D eigenvalue weighted by Crippen LogP contribution is 2.50. The van der Waals surface area contributed by atoms with Gasteiger partial charge in [0.1, 0.15) is 17.5 Å². The Morgan fingerprint density at radius 1 is 1.10 bits per heavy atom. The molecule has 10 heteroatoms. The zero-order valence-electron chi connectivity index (χ0n) is 22.6. The average Bonchev–Trinajstić information content (AvgIpc) is 3.70. The summed E-state index contributed by atoms with van der Waals surface area (Å²) >= 11 is 0. The molecule has 0 unspecified atom stereocenters. The maximum absolute atomic E-state index is 15.0. The van der Waals surface area contributed by atoms with Crippen LogP contribution in [-0.4, -0.2) is 73.3 Å². The highest BCUT2D eigenvalue weighted by Gasteiger charge is 2.52. The van der Waals surface area contributed by atoms with Crippen LogP contribution >= 0.6 is 0 Å². The molecule has 2 saturated heterocycles. The SMILES string of the molecule is CN1CCN(c2ccc(OC3CCOCC3)c(Nc3ncc(F)c(-c4ccc5c(c4)C(=O)NC54CC4)n3)c2)CC1. The van der Waals surface area contributed by atoms with Crippen LogP contribution in [0.15, 0.2) is 42.6 Å². The maximum atomic E-state index is 15.0. The fraction of sp³-hybridized carbons (Fsp3) is 0.433. The highest BCUT2D eigenvalue weighted by atomic mass is 19.1. The maximum Gasteiger partial charge on any atom is 0.252 e. The van der Waals surface area contributed by atoms with Crippen LogP contribution < -0.4 is 20.3 Å². The second-order valence-electron chi connectivity index (χ2n) is 11.2. The minimum absolute atomic E-state index is 0.0563. The summed E-state index contributed by atoms with van der Waals surface area (Å²) in [6, 6.07) is 11.6. The Labute approximate surface area is 232 Å². The molecule has 1 saturated carbocycles. The molecule has 9 nitrogen and oxygen atoms in total. The number of hydrogen-bond donors (Lipinski definition) is 2. The van der Waals surface area contributed by atoms with Gasteiger partial charge in [0.2, 0.25) is 5.95 Å². The number of hydrogen-bond acceptors (Lipinski definition) is 8. The highest BCUT2D eigenvalue weighted by molar-refractivity contribution is 6.01. The number of anilines is 3. The zero-order chi connectivity index (χ0) is 27.3. The van der Waals surface area contributed by atoms with Crippen molar-refractivity contribution in [2.75, 3.05) is 56.7 Å². The normalized spacial score (nSPS) is 20.4. The van der Waals surface area contributed by atoms with Crippen molar-refractivity contribution < 1.29 is 18.7 Å². The fourth-order valence-corrected chi connectivity index (χ4v) is 5.87. The molecule has 1 amide bonds. The van der Waals surface area contributed by atoms with Crippen LogP contribution in [0.1, 0.15) is 41.6 Å². The van der Waals surface area contributed by atoms with E-state index in [0.29, 0.717) is 30.1 Å². The molecule has 0 bridgehead atoms. The molecule has 1 spiro atoms. The number of benzene rings is 2. The van der Waals surface area contributed by atoms with Crippen molar-refractivity contribution in [2.24, 2.45) is 0 Å². The Balaban J connectivity index is 1.20. The monoisotopic (exact) mass is 544 g/mol. The average molecular weight is 545 g/mol. The first-order valence-corrected chi connectivity index (χ1v) is 14.1. The van der Waals surface area contributed by atoms with E-state index in [9.17, 15) is 4.79 Å². The van der Waals surface area contributed by atoms with Gasteiger partial charge in [-0.2, -0.15) is 0 Å². The van der Waals surface area contributed by atoms with Crippen LogP contribution in [0.3, 0.4) is 0 Å². The van der Waals surface area contributed by atoms with Gasteiger partial charge in [-0.15, -0.1) is 0 Å². The fourth-order valence-electron chi connectivity index (χ4n) is 5.87. The van der Waals surface area contributed by atoms with Crippen LogP contribution in [0.2, 0.25) is 0 Å². The zero-order valence-corrected chi connectivity index (χ0v) is 22.6. The Morgan fingerprint density at radius 2 is 1.90 bits per heavy atom. The molecule has 0 radical (unpaired) electrons. The van der Waals surface area contributed by atoms with Gasteiger partial charge in [-0.25, -0.2) is 14.4 Å². The summed E-state index contributed by atoms with van der Waals surface area (Å²) in [7, 11) is 2.13. The first-order chi connectivity index (χ1) is 19.5. The van der Waals surface area contributed by atoms with Gasteiger partial charge in [0.25, 0.3) is 5.91 Å². The molecule has 2 aromatic carbocycles. The number of aromatic nitrogens is 2. The minimum Gasteiger partial charge on any atom is -0.488 e. The van der Waals surface area contributed by atoms with Gasteiger partial charge < -0.3 is 29.9 Å². The van der Waals surface area contributed by atoms with E-state index < -0.39 is 5.82 Å². The van der Waals surface area contributed by atoms with Gasteiger partial charge in [0.15, 0.2) is 5.82 Å². The molecule has 3 aromatic rings. The Kier molecular flexibility index (Phi) is 6.31. The predicted octanol–water partition coefficient (Wildman–Crippen LogP) is 4.07. The molecule has 1 aliphatic carbocycles. The molecule has 0 atom stereocenters. The molecule has 1 aromatic heterocycles.